The molecule has 0 bridgehead atoms. The predicted molar refractivity (Wildman–Crippen MR) is 110 cm³/mol. The van der Waals surface area contributed by atoms with Crippen molar-refractivity contribution in [1.82, 2.24) is 15.0 Å². The van der Waals surface area contributed by atoms with E-state index in [-0.39, 0.29) is 5.91 Å². The van der Waals surface area contributed by atoms with Crippen molar-refractivity contribution >= 4 is 40.5 Å². The molecule has 0 fully saturated rings. The molecule has 0 spiro atoms. The molecule has 6 nitrogen and oxygen atoms in total. The fourth-order valence-electron chi connectivity index (χ4n) is 3.40. The highest BCUT2D eigenvalue weighted by Crippen LogP contribution is 2.38. The summed E-state index contributed by atoms with van der Waals surface area (Å²) in [7, 11) is 1.59. The van der Waals surface area contributed by atoms with E-state index in [0.717, 1.165) is 11.5 Å². The van der Waals surface area contributed by atoms with Crippen LogP contribution in [0.4, 0.5) is 0 Å². The second kappa shape index (κ2) is 7.56. The summed E-state index contributed by atoms with van der Waals surface area (Å²) in [4.78, 5) is 18.2. The van der Waals surface area contributed by atoms with E-state index >= 15 is 0 Å². The van der Waals surface area contributed by atoms with Gasteiger partial charge in [0.1, 0.15) is 5.82 Å². The average Bonchev–Trinajstić information content (AvgIpc) is 3.32. The highest BCUT2D eigenvalue weighted by atomic mass is 35.5. The van der Waals surface area contributed by atoms with E-state index in [1.54, 1.807) is 28.9 Å². The van der Waals surface area contributed by atoms with Gasteiger partial charge in [0, 0.05) is 25.4 Å². The monoisotopic (exact) mass is 416 g/mol. The Labute approximate surface area is 172 Å². The van der Waals surface area contributed by atoms with Crippen LogP contribution >= 0.6 is 23.2 Å². The number of aliphatic imine (C=N–C) groups is 1. The Morgan fingerprint density at radius 1 is 1.29 bits per heavy atom. The van der Waals surface area contributed by atoms with Crippen LogP contribution in [0.1, 0.15) is 23.0 Å². The van der Waals surface area contributed by atoms with Crippen molar-refractivity contribution in [3.05, 3.63) is 75.3 Å². The van der Waals surface area contributed by atoms with Gasteiger partial charge in [0.15, 0.2) is 0 Å². The molecule has 0 atom stereocenters. The number of fused-ring (bicyclic) bond motifs is 1. The standard InChI is InChI=1S/C20H18Cl2N4O2/c1-12-17(20(27)25-10-4-5-13(25)11-28-2)19(26-16(24-12)8-9-23-26)14-6-3-7-15(21)18(14)22/h3-8,10,23H,9,11H2,1-2H3. The Bertz CT molecular complexity index is 1050. The van der Waals surface area contributed by atoms with E-state index < -0.39 is 0 Å². The number of methoxy groups -OCH3 is 1. The van der Waals surface area contributed by atoms with Crippen molar-refractivity contribution in [2.24, 2.45) is 4.99 Å². The summed E-state index contributed by atoms with van der Waals surface area (Å²) in [5.41, 5.74) is 6.33. The van der Waals surface area contributed by atoms with Crippen LogP contribution in [0.25, 0.3) is 5.70 Å². The van der Waals surface area contributed by atoms with E-state index in [1.807, 2.05) is 37.3 Å². The molecule has 0 saturated heterocycles. The first-order valence-electron chi connectivity index (χ1n) is 8.71. The van der Waals surface area contributed by atoms with E-state index in [9.17, 15) is 4.79 Å². The summed E-state index contributed by atoms with van der Waals surface area (Å²) in [5, 5.41) is 2.60. The molecule has 3 heterocycles. The lowest BCUT2D eigenvalue weighted by Crippen LogP contribution is -2.36. The Balaban J connectivity index is 1.95. The van der Waals surface area contributed by atoms with E-state index in [1.165, 1.54) is 0 Å². The van der Waals surface area contributed by atoms with E-state index in [4.69, 9.17) is 27.9 Å². The second-order valence-corrected chi connectivity index (χ2v) is 7.18. The largest absolute Gasteiger partial charge is 0.378 e. The van der Waals surface area contributed by atoms with Gasteiger partial charge >= 0.3 is 0 Å². The van der Waals surface area contributed by atoms with Crippen LogP contribution in [0, 0.1) is 0 Å². The lowest BCUT2D eigenvalue weighted by molar-refractivity contribution is 0.0945. The van der Waals surface area contributed by atoms with E-state index in [0.29, 0.717) is 45.7 Å². The topological polar surface area (TPSA) is 58.9 Å². The van der Waals surface area contributed by atoms with Crippen molar-refractivity contribution in [3.63, 3.8) is 0 Å². The van der Waals surface area contributed by atoms with Crippen LogP contribution in [-0.2, 0) is 11.3 Å². The van der Waals surface area contributed by atoms with Crippen LogP contribution < -0.4 is 5.43 Å². The van der Waals surface area contributed by atoms with Gasteiger partial charge in [0.25, 0.3) is 5.91 Å². The molecule has 2 aliphatic heterocycles. The summed E-state index contributed by atoms with van der Waals surface area (Å²) in [6.07, 6.45) is 3.67. The van der Waals surface area contributed by atoms with Crippen LogP contribution in [-0.4, -0.2) is 34.8 Å². The number of ether oxygens (including phenoxy) is 1. The number of carbonyl (C=O) groups is 1. The van der Waals surface area contributed by atoms with Gasteiger partial charge in [-0.25, -0.2) is 10.4 Å². The molecule has 2 aliphatic rings. The van der Waals surface area contributed by atoms with Crippen LogP contribution in [0.2, 0.25) is 10.0 Å². The van der Waals surface area contributed by atoms with Gasteiger partial charge < -0.3 is 4.74 Å². The average molecular weight is 417 g/mol. The molecule has 28 heavy (non-hydrogen) atoms. The highest BCUT2D eigenvalue weighted by Gasteiger charge is 2.34. The number of hydrazine groups is 1. The predicted octanol–water partition coefficient (Wildman–Crippen LogP) is 4.13. The maximum atomic E-state index is 13.6. The molecule has 8 heteroatoms. The number of aromatic nitrogens is 1. The normalized spacial score (nSPS) is 16.2. The van der Waals surface area contributed by atoms with Gasteiger partial charge in [-0.3, -0.25) is 14.4 Å². The molecular formula is C20H18Cl2N4O2. The molecule has 0 saturated carbocycles. The van der Waals surface area contributed by atoms with Crippen molar-refractivity contribution in [1.29, 1.82) is 0 Å². The van der Waals surface area contributed by atoms with Crippen molar-refractivity contribution in [3.8, 4) is 0 Å². The quantitative estimate of drug-likeness (QED) is 0.813. The van der Waals surface area contributed by atoms with Gasteiger partial charge in [0.05, 0.1) is 39.3 Å². The molecule has 144 valence electrons. The number of nitrogens with zero attached hydrogens (tertiary/aromatic N) is 3. The SMILES string of the molecule is COCc1cccn1C(=O)C1=C(c2cccc(Cl)c2Cl)N2NCC=C2N=C1C. The molecular weight excluding hydrogens is 399 g/mol. The molecule has 0 radical (unpaired) electrons. The third-order valence-corrected chi connectivity index (χ3v) is 5.45. The third-order valence-electron chi connectivity index (χ3n) is 4.63. The summed E-state index contributed by atoms with van der Waals surface area (Å²) in [6.45, 7) is 2.75. The smallest absolute Gasteiger partial charge is 0.266 e. The van der Waals surface area contributed by atoms with Gasteiger partial charge in [0.2, 0.25) is 0 Å². The highest BCUT2D eigenvalue weighted by molar-refractivity contribution is 6.43. The van der Waals surface area contributed by atoms with Crippen molar-refractivity contribution < 1.29 is 9.53 Å². The fraction of sp³-hybridized carbons (Fsp3) is 0.200. The minimum absolute atomic E-state index is 0.211. The minimum Gasteiger partial charge on any atom is -0.378 e. The third kappa shape index (κ3) is 3.08. The molecule has 0 amide bonds. The molecule has 0 aliphatic carbocycles. The number of halogens is 2. The Morgan fingerprint density at radius 2 is 2.11 bits per heavy atom. The van der Waals surface area contributed by atoms with Crippen molar-refractivity contribution in [2.45, 2.75) is 13.5 Å². The molecule has 4 rings (SSSR count). The van der Waals surface area contributed by atoms with Crippen LogP contribution in [0.15, 0.2) is 59.0 Å². The molecule has 1 N–H and O–H groups in total. The van der Waals surface area contributed by atoms with Gasteiger partial charge in [-0.1, -0.05) is 35.3 Å². The van der Waals surface area contributed by atoms with Crippen LogP contribution in [0.5, 0.6) is 0 Å². The Hall–Kier alpha value is -2.38. The summed E-state index contributed by atoms with van der Waals surface area (Å²) in [5.74, 6) is 0.516. The number of nitrogens with one attached hydrogen (secondary N) is 1. The number of hydrogen-bond acceptors (Lipinski definition) is 5. The summed E-state index contributed by atoms with van der Waals surface area (Å²) >= 11 is 12.8. The number of carbonyl (C=O) groups excluding carboxylic acids is 1. The van der Waals surface area contributed by atoms with Gasteiger partial charge in [-0.15, -0.1) is 0 Å². The Kier molecular flexibility index (Phi) is 5.12. The lowest BCUT2D eigenvalue weighted by Gasteiger charge is -2.30. The Morgan fingerprint density at radius 3 is 2.89 bits per heavy atom. The first kappa shape index (κ1) is 19.0. The number of rotatable bonds is 4. The molecule has 1 aromatic carbocycles. The summed E-state index contributed by atoms with van der Waals surface area (Å²) < 4.78 is 6.79. The van der Waals surface area contributed by atoms with E-state index in [2.05, 4.69) is 10.4 Å². The zero-order valence-electron chi connectivity index (χ0n) is 15.4. The zero-order chi connectivity index (χ0) is 19.8. The molecule has 1 aromatic heterocycles. The number of hydrogen-bond donors (Lipinski definition) is 1. The second-order valence-electron chi connectivity index (χ2n) is 6.39. The zero-order valence-corrected chi connectivity index (χ0v) is 16.9. The van der Waals surface area contributed by atoms with Gasteiger partial charge in [-0.2, -0.15) is 0 Å². The van der Waals surface area contributed by atoms with Gasteiger partial charge in [-0.05, 0) is 31.2 Å². The number of allylic oxidation sites excluding steroid dienone is 1. The molecule has 2 aromatic rings. The fourth-order valence-corrected chi connectivity index (χ4v) is 3.79. The first-order chi connectivity index (χ1) is 13.5. The first-order valence-corrected chi connectivity index (χ1v) is 9.46. The summed E-state index contributed by atoms with van der Waals surface area (Å²) in [6, 6.07) is 9.04. The maximum Gasteiger partial charge on any atom is 0.266 e. The van der Waals surface area contributed by atoms with Crippen molar-refractivity contribution in [2.75, 3.05) is 13.7 Å². The lowest BCUT2D eigenvalue weighted by atomic mass is 9.99. The molecule has 0 unspecified atom stereocenters. The van der Waals surface area contributed by atoms with Crippen LogP contribution in [0.3, 0.4) is 0 Å². The minimum atomic E-state index is -0.211. The maximum absolute atomic E-state index is 13.6. The number of benzene rings is 1.